The number of amides is 1. The molecule has 0 spiro atoms. The third-order valence-corrected chi connectivity index (χ3v) is 4.42. The Hall–Kier alpha value is -2.53. The van der Waals surface area contributed by atoms with Gasteiger partial charge in [-0.2, -0.15) is 0 Å². The molecule has 0 aromatic heterocycles. The van der Waals surface area contributed by atoms with E-state index in [2.05, 4.69) is 17.4 Å². The van der Waals surface area contributed by atoms with E-state index in [-0.39, 0.29) is 12.0 Å². The number of hydrogen-bond donors (Lipinski definition) is 1. The highest BCUT2D eigenvalue weighted by Crippen LogP contribution is 2.29. The van der Waals surface area contributed by atoms with Gasteiger partial charge in [-0.1, -0.05) is 36.4 Å². The van der Waals surface area contributed by atoms with Gasteiger partial charge in [-0.15, -0.1) is 0 Å². The Labute approximate surface area is 168 Å². The van der Waals surface area contributed by atoms with Gasteiger partial charge < -0.3 is 19.5 Å². The molecule has 28 heavy (non-hydrogen) atoms. The van der Waals surface area contributed by atoms with E-state index in [1.165, 1.54) is 5.56 Å². The molecule has 0 aliphatic heterocycles. The van der Waals surface area contributed by atoms with Crippen LogP contribution in [-0.2, 0) is 22.4 Å². The lowest BCUT2D eigenvalue weighted by atomic mass is 10.1. The van der Waals surface area contributed by atoms with Gasteiger partial charge >= 0.3 is 0 Å². The van der Waals surface area contributed by atoms with Crippen LogP contribution in [0.5, 0.6) is 11.5 Å². The Morgan fingerprint density at radius 2 is 1.71 bits per heavy atom. The fourth-order valence-corrected chi connectivity index (χ4v) is 2.96. The first-order valence-electron chi connectivity index (χ1n) is 9.71. The molecule has 0 aliphatic carbocycles. The SMILES string of the molecule is COc1cc(CCNC(=O)[C@H](CCc2ccccc2)OC)ccc1OC(C)C. The van der Waals surface area contributed by atoms with Crippen molar-refractivity contribution in [1.82, 2.24) is 5.32 Å². The number of aryl methyl sites for hydroxylation is 1. The minimum absolute atomic E-state index is 0.0786. The summed E-state index contributed by atoms with van der Waals surface area (Å²) in [5.74, 6) is 1.35. The average molecular weight is 386 g/mol. The van der Waals surface area contributed by atoms with Crippen LogP contribution in [0.15, 0.2) is 48.5 Å². The van der Waals surface area contributed by atoms with Crippen molar-refractivity contribution in [2.75, 3.05) is 20.8 Å². The Bertz CT molecular complexity index is 731. The van der Waals surface area contributed by atoms with E-state index in [1.54, 1.807) is 14.2 Å². The summed E-state index contributed by atoms with van der Waals surface area (Å²) in [7, 11) is 3.21. The third-order valence-electron chi connectivity index (χ3n) is 4.42. The summed E-state index contributed by atoms with van der Waals surface area (Å²) in [6.07, 6.45) is 1.81. The lowest BCUT2D eigenvalue weighted by molar-refractivity contribution is -0.131. The number of benzene rings is 2. The van der Waals surface area contributed by atoms with Crippen LogP contribution in [0.3, 0.4) is 0 Å². The van der Waals surface area contributed by atoms with Gasteiger partial charge in [0.05, 0.1) is 13.2 Å². The van der Waals surface area contributed by atoms with Crippen LogP contribution in [0.2, 0.25) is 0 Å². The average Bonchev–Trinajstić information content (AvgIpc) is 2.70. The highest BCUT2D eigenvalue weighted by molar-refractivity contribution is 5.80. The number of hydrogen-bond acceptors (Lipinski definition) is 4. The second-order valence-electron chi connectivity index (χ2n) is 6.94. The molecule has 0 bridgehead atoms. The van der Waals surface area contributed by atoms with E-state index in [0.29, 0.717) is 25.1 Å². The van der Waals surface area contributed by atoms with Crippen molar-refractivity contribution >= 4 is 5.91 Å². The summed E-state index contributed by atoms with van der Waals surface area (Å²) in [5, 5.41) is 2.97. The number of methoxy groups -OCH3 is 2. The molecule has 0 saturated carbocycles. The summed E-state index contributed by atoms with van der Waals surface area (Å²) in [5.41, 5.74) is 2.28. The number of rotatable bonds is 11. The van der Waals surface area contributed by atoms with Crippen molar-refractivity contribution in [3.05, 3.63) is 59.7 Å². The van der Waals surface area contributed by atoms with Gasteiger partial charge in [-0.25, -0.2) is 0 Å². The third kappa shape index (κ3) is 6.89. The topological polar surface area (TPSA) is 56.8 Å². The first kappa shape index (κ1) is 21.8. The predicted octanol–water partition coefficient (Wildman–Crippen LogP) is 3.79. The zero-order valence-corrected chi connectivity index (χ0v) is 17.2. The van der Waals surface area contributed by atoms with Gasteiger partial charge in [-0.3, -0.25) is 4.79 Å². The Balaban J connectivity index is 1.83. The van der Waals surface area contributed by atoms with Gasteiger partial charge in [0.2, 0.25) is 5.91 Å². The molecule has 2 aromatic rings. The van der Waals surface area contributed by atoms with Gasteiger partial charge in [-0.05, 0) is 56.4 Å². The highest BCUT2D eigenvalue weighted by atomic mass is 16.5. The summed E-state index contributed by atoms with van der Waals surface area (Å²) < 4.78 is 16.5. The lowest BCUT2D eigenvalue weighted by Gasteiger charge is -2.16. The van der Waals surface area contributed by atoms with Crippen molar-refractivity contribution in [2.45, 2.75) is 45.3 Å². The molecule has 1 amide bonds. The number of carbonyl (C=O) groups is 1. The highest BCUT2D eigenvalue weighted by Gasteiger charge is 2.17. The lowest BCUT2D eigenvalue weighted by Crippen LogP contribution is -2.37. The molecule has 1 N–H and O–H groups in total. The van der Waals surface area contributed by atoms with Crippen molar-refractivity contribution in [3.63, 3.8) is 0 Å². The molecule has 0 radical (unpaired) electrons. The molecule has 0 heterocycles. The van der Waals surface area contributed by atoms with E-state index >= 15 is 0 Å². The van der Waals surface area contributed by atoms with E-state index in [9.17, 15) is 4.79 Å². The first-order chi connectivity index (χ1) is 13.5. The quantitative estimate of drug-likeness (QED) is 0.639. The maximum atomic E-state index is 12.4. The van der Waals surface area contributed by atoms with Gasteiger partial charge in [0, 0.05) is 13.7 Å². The van der Waals surface area contributed by atoms with Crippen molar-refractivity contribution in [1.29, 1.82) is 0 Å². The summed E-state index contributed by atoms with van der Waals surface area (Å²) in [6.45, 7) is 4.50. The largest absolute Gasteiger partial charge is 0.493 e. The molecule has 0 unspecified atom stereocenters. The van der Waals surface area contributed by atoms with E-state index in [1.807, 2.05) is 50.2 Å². The molecule has 0 fully saturated rings. The van der Waals surface area contributed by atoms with Crippen LogP contribution in [-0.4, -0.2) is 38.9 Å². The zero-order valence-electron chi connectivity index (χ0n) is 17.2. The first-order valence-corrected chi connectivity index (χ1v) is 9.71. The smallest absolute Gasteiger partial charge is 0.249 e. The molecule has 5 nitrogen and oxygen atoms in total. The number of ether oxygens (including phenoxy) is 3. The normalized spacial score (nSPS) is 11.9. The number of carbonyl (C=O) groups excluding carboxylic acids is 1. The fourth-order valence-electron chi connectivity index (χ4n) is 2.96. The Kier molecular flexibility index (Phi) is 8.82. The van der Waals surface area contributed by atoms with Crippen LogP contribution in [0, 0.1) is 0 Å². The van der Waals surface area contributed by atoms with E-state index in [0.717, 1.165) is 17.7 Å². The predicted molar refractivity (Wildman–Crippen MR) is 111 cm³/mol. The van der Waals surface area contributed by atoms with Gasteiger partial charge in [0.1, 0.15) is 6.10 Å². The Morgan fingerprint density at radius 3 is 2.36 bits per heavy atom. The maximum Gasteiger partial charge on any atom is 0.249 e. The van der Waals surface area contributed by atoms with Crippen LogP contribution >= 0.6 is 0 Å². The minimum Gasteiger partial charge on any atom is -0.493 e. The minimum atomic E-state index is -0.448. The molecule has 2 aromatic carbocycles. The van der Waals surface area contributed by atoms with Crippen LogP contribution in [0.4, 0.5) is 0 Å². The van der Waals surface area contributed by atoms with Crippen molar-refractivity contribution in [3.8, 4) is 11.5 Å². The molecule has 0 aliphatic rings. The van der Waals surface area contributed by atoms with Crippen LogP contribution < -0.4 is 14.8 Å². The molecule has 152 valence electrons. The molecule has 2 rings (SSSR count). The number of nitrogens with one attached hydrogen (secondary N) is 1. The molecule has 1 atom stereocenters. The van der Waals surface area contributed by atoms with E-state index in [4.69, 9.17) is 14.2 Å². The molecular formula is C23H31NO4. The summed E-state index contributed by atoms with van der Waals surface area (Å²) >= 11 is 0. The molecule has 0 saturated heterocycles. The molecule has 5 heteroatoms. The van der Waals surface area contributed by atoms with Crippen molar-refractivity contribution in [2.24, 2.45) is 0 Å². The van der Waals surface area contributed by atoms with Gasteiger partial charge in [0.15, 0.2) is 11.5 Å². The Morgan fingerprint density at radius 1 is 0.964 bits per heavy atom. The van der Waals surface area contributed by atoms with Crippen LogP contribution in [0.1, 0.15) is 31.4 Å². The van der Waals surface area contributed by atoms with E-state index < -0.39 is 6.10 Å². The standard InChI is InChI=1S/C23H31NO4/c1-17(2)28-20-12-11-19(16-22(20)27-4)14-15-24-23(25)21(26-3)13-10-18-8-6-5-7-9-18/h5-9,11-12,16-17,21H,10,13-15H2,1-4H3,(H,24,25)/t21-/m0/s1. The summed E-state index contributed by atoms with van der Waals surface area (Å²) in [6, 6.07) is 16.0. The summed E-state index contributed by atoms with van der Waals surface area (Å²) in [4.78, 5) is 12.4. The zero-order chi connectivity index (χ0) is 20.4. The maximum absolute atomic E-state index is 12.4. The van der Waals surface area contributed by atoms with Crippen molar-refractivity contribution < 1.29 is 19.0 Å². The monoisotopic (exact) mass is 385 g/mol. The second kappa shape index (κ2) is 11.3. The van der Waals surface area contributed by atoms with Gasteiger partial charge in [0.25, 0.3) is 0 Å². The second-order valence-corrected chi connectivity index (χ2v) is 6.94. The van der Waals surface area contributed by atoms with Crippen LogP contribution in [0.25, 0.3) is 0 Å². The fraction of sp³-hybridized carbons (Fsp3) is 0.435. The molecular weight excluding hydrogens is 354 g/mol.